The minimum Gasteiger partial charge on any atom is -0.479 e. The molecule has 0 saturated heterocycles. The predicted octanol–water partition coefficient (Wildman–Crippen LogP) is 0.727. The molecule has 0 aliphatic rings. The Bertz CT molecular complexity index is 364. The van der Waals surface area contributed by atoms with E-state index in [-0.39, 0.29) is 0 Å². The molecule has 2 atom stereocenters. The molecule has 0 aromatic carbocycles. The summed E-state index contributed by atoms with van der Waals surface area (Å²) in [6.45, 7) is 1.77. The van der Waals surface area contributed by atoms with Crippen molar-refractivity contribution in [3.8, 4) is 0 Å². The predicted molar refractivity (Wildman–Crippen MR) is 61.1 cm³/mol. The van der Waals surface area contributed by atoms with Gasteiger partial charge in [-0.15, -0.1) is 11.3 Å². The zero-order valence-corrected chi connectivity index (χ0v) is 9.66. The lowest BCUT2D eigenvalue weighted by atomic mass is 10.2. The van der Waals surface area contributed by atoms with Gasteiger partial charge in [0.2, 0.25) is 5.91 Å². The molecule has 1 aromatic heterocycles. The van der Waals surface area contributed by atoms with Crippen LogP contribution in [0.2, 0.25) is 0 Å². The van der Waals surface area contributed by atoms with E-state index >= 15 is 0 Å². The van der Waals surface area contributed by atoms with E-state index in [1.54, 1.807) is 24.4 Å². The van der Waals surface area contributed by atoms with E-state index in [1.165, 1.54) is 11.3 Å². The molecule has 0 aliphatic carbocycles. The molecule has 0 bridgehead atoms. The maximum atomic E-state index is 11.5. The van der Waals surface area contributed by atoms with Gasteiger partial charge in [-0.05, 0) is 17.9 Å². The number of thiophene rings is 1. The van der Waals surface area contributed by atoms with E-state index in [0.29, 0.717) is 11.3 Å². The summed E-state index contributed by atoms with van der Waals surface area (Å²) < 4.78 is 0. The molecule has 1 heterocycles. The van der Waals surface area contributed by atoms with Crippen LogP contribution in [0.25, 0.3) is 0 Å². The second-order valence-corrected chi connectivity index (χ2v) is 4.29. The Labute approximate surface area is 97.3 Å². The highest BCUT2D eigenvalue weighted by Crippen LogP contribution is 2.19. The maximum Gasteiger partial charge on any atom is 0.331 e. The normalized spacial score (nSPS) is 14.1. The third-order valence-electron chi connectivity index (χ3n) is 2.14. The topological polar surface area (TPSA) is 92.4 Å². The molecule has 0 saturated carbocycles. The molecule has 1 aromatic rings. The highest BCUT2D eigenvalue weighted by Gasteiger charge is 2.24. The van der Waals surface area contributed by atoms with Crippen molar-refractivity contribution in [2.75, 3.05) is 0 Å². The van der Waals surface area contributed by atoms with E-state index in [2.05, 4.69) is 5.32 Å². The molecular formula is C10H14N2O3S. The van der Waals surface area contributed by atoms with Gasteiger partial charge in [0, 0.05) is 4.88 Å². The van der Waals surface area contributed by atoms with Crippen LogP contribution in [0.3, 0.4) is 0 Å². The molecule has 0 spiro atoms. The average molecular weight is 242 g/mol. The third-order valence-corrected chi connectivity index (χ3v) is 3.08. The molecule has 1 amide bonds. The van der Waals surface area contributed by atoms with Crippen molar-refractivity contribution in [1.82, 2.24) is 5.32 Å². The Morgan fingerprint density at radius 2 is 2.31 bits per heavy atom. The lowest BCUT2D eigenvalue weighted by Gasteiger charge is -2.15. The number of aliphatic carboxylic acids is 1. The fraction of sp³-hybridized carbons (Fsp3) is 0.400. The quantitative estimate of drug-likeness (QED) is 0.709. The average Bonchev–Trinajstić information content (AvgIpc) is 2.76. The Morgan fingerprint density at radius 1 is 1.62 bits per heavy atom. The minimum atomic E-state index is -1.08. The van der Waals surface area contributed by atoms with Gasteiger partial charge in [-0.3, -0.25) is 4.79 Å². The van der Waals surface area contributed by atoms with Gasteiger partial charge in [0.15, 0.2) is 6.04 Å². The van der Waals surface area contributed by atoms with Gasteiger partial charge < -0.3 is 16.2 Å². The summed E-state index contributed by atoms with van der Waals surface area (Å²) in [5, 5.41) is 13.2. The van der Waals surface area contributed by atoms with Crippen LogP contribution in [0.15, 0.2) is 17.5 Å². The maximum absolute atomic E-state index is 11.5. The first-order valence-electron chi connectivity index (χ1n) is 4.88. The van der Waals surface area contributed by atoms with Crippen molar-refractivity contribution in [3.63, 3.8) is 0 Å². The number of nitrogens with one attached hydrogen (secondary N) is 1. The van der Waals surface area contributed by atoms with E-state index in [1.807, 2.05) is 0 Å². The number of carbonyl (C=O) groups is 2. The highest BCUT2D eigenvalue weighted by molar-refractivity contribution is 7.10. The van der Waals surface area contributed by atoms with E-state index < -0.39 is 24.0 Å². The Kier molecular flexibility index (Phi) is 4.45. The molecule has 6 heteroatoms. The van der Waals surface area contributed by atoms with E-state index in [9.17, 15) is 9.59 Å². The van der Waals surface area contributed by atoms with Gasteiger partial charge in [-0.25, -0.2) is 4.79 Å². The molecule has 88 valence electrons. The van der Waals surface area contributed by atoms with E-state index in [4.69, 9.17) is 10.8 Å². The van der Waals surface area contributed by atoms with Crippen LogP contribution in [0.4, 0.5) is 0 Å². The Morgan fingerprint density at radius 3 is 2.75 bits per heavy atom. The Hall–Kier alpha value is -1.40. The summed E-state index contributed by atoms with van der Waals surface area (Å²) in [4.78, 5) is 23.1. The molecular weight excluding hydrogens is 228 g/mol. The van der Waals surface area contributed by atoms with Crippen LogP contribution in [0.1, 0.15) is 24.3 Å². The molecule has 4 N–H and O–H groups in total. The fourth-order valence-electron chi connectivity index (χ4n) is 1.14. The number of hydrogen-bond donors (Lipinski definition) is 3. The van der Waals surface area contributed by atoms with Crippen LogP contribution >= 0.6 is 11.3 Å². The number of hydrogen-bond acceptors (Lipinski definition) is 4. The van der Waals surface area contributed by atoms with Gasteiger partial charge in [0.05, 0.1) is 6.04 Å². The summed E-state index contributed by atoms with van der Waals surface area (Å²) in [6.07, 6.45) is 0.475. The lowest BCUT2D eigenvalue weighted by Crippen LogP contribution is -2.43. The van der Waals surface area contributed by atoms with Crippen molar-refractivity contribution in [3.05, 3.63) is 22.4 Å². The molecule has 5 nitrogen and oxygen atoms in total. The molecule has 1 unspecified atom stereocenters. The number of amides is 1. The van der Waals surface area contributed by atoms with Gasteiger partial charge in [-0.1, -0.05) is 13.0 Å². The summed E-state index contributed by atoms with van der Waals surface area (Å²) in [5.74, 6) is -1.53. The number of nitrogens with two attached hydrogens (primary N) is 1. The largest absolute Gasteiger partial charge is 0.479 e. The Balaban J connectivity index is 2.74. The lowest BCUT2D eigenvalue weighted by molar-refractivity contribution is -0.142. The second-order valence-electron chi connectivity index (χ2n) is 3.31. The van der Waals surface area contributed by atoms with Crippen LogP contribution in [-0.2, 0) is 9.59 Å². The summed E-state index contributed by atoms with van der Waals surface area (Å²) in [6, 6.07) is 1.73. The van der Waals surface area contributed by atoms with Gasteiger partial charge in [-0.2, -0.15) is 0 Å². The second kappa shape index (κ2) is 5.62. The van der Waals surface area contributed by atoms with Crippen LogP contribution in [-0.4, -0.2) is 23.0 Å². The standard InChI is InChI=1S/C10H14N2O3S/c1-2-6(11)9(13)12-8(10(14)15)7-4-3-5-16-7/h3-6,8H,2,11H2,1H3,(H,12,13)(H,14,15)/t6-,8?/m0/s1. The van der Waals surface area contributed by atoms with Crippen molar-refractivity contribution >= 4 is 23.2 Å². The van der Waals surface area contributed by atoms with Gasteiger partial charge in [0.1, 0.15) is 0 Å². The molecule has 1 rings (SSSR count). The van der Waals surface area contributed by atoms with Crippen LogP contribution < -0.4 is 11.1 Å². The molecule has 0 aliphatic heterocycles. The first kappa shape index (κ1) is 12.7. The summed E-state index contributed by atoms with van der Waals surface area (Å²) in [7, 11) is 0. The minimum absolute atomic E-state index is 0.441. The van der Waals surface area contributed by atoms with Crippen LogP contribution in [0.5, 0.6) is 0 Å². The van der Waals surface area contributed by atoms with Crippen molar-refractivity contribution < 1.29 is 14.7 Å². The van der Waals surface area contributed by atoms with Crippen LogP contribution in [0, 0.1) is 0 Å². The zero-order valence-electron chi connectivity index (χ0n) is 8.84. The zero-order chi connectivity index (χ0) is 12.1. The first-order valence-corrected chi connectivity index (χ1v) is 5.76. The number of carboxylic acids is 1. The monoisotopic (exact) mass is 242 g/mol. The third kappa shape index (κ3) is 3.04. The molecule has 0 fully saturated rings. The van der Waals surface area contributed by atoms with Crippen molar-refractivity contribution in [2.45, 2.75) is 25.4 Å². The molecule has 0 radical (unpaired) electrons. The highest BCUT2D eigenvalue weighted by atomic mass is 32.1. The summed E-state index contributed by atoms with van der Waals surface area (Å²) in [5.41, 5.74) is 5.52. The smallest absolute Gasteiger partial charge is 0.331 e. The molecule has 16 heavy (non-hydrogen) atoms. The number of carbonyl (C=O) groups excluding carboxylic acids is 1. The number of rotatable bonds is 5. The summed E-state index contributed by atoms with van der Waals surface area (Å²) >= 11 is 1.28. The van der Waals surface area contributed by atoms with Crippen molar-refractivity contribution in [1.29, 1.82) is 0 Å². The number of carboxylic acid groups (broad SMARTS) is 1. The van der Waals surface area contributed by atoms with Gasteiger partial charge >= 0.3 is 5.97 Å². The van der Waals surface area contributed by atoms with Crippen molar-refractivity contribution in [2.24, 2.45) is 5.73 Å². The van der Waals surface area contributed by atoms with E-state index in [0.717, 1.165) is 0 Å². The fourth-order valence-corrected chi connectivity index (χ4v) is 1.91. The SMILES string of the molecule is CC[C@H](N)C(=O)NC(C(=O)O)c1cccs1. The van der Waals surface area contributed by atoms with Gasteiger partial charge in [0.25, 0.3) is 0 Å². The first-order chi connectivity index (χ1) is 7.56.